The molecule has 0 amide bonds. The lowest BCUT2D eigenvalue weighted by molar-refractivity contribution is -0.659. The second-order valence-corrected chi connectivity index (χ2v) is 16.5. The molecule has 0 radical (unpaired) electrons. The summed E-state index contributed by atoms with van der Waals surface area (Å²) in [7, 11) is 0.467. The van der Waals surface area contributed by atoms with Gasteiger partial charge in [0.1, 0.15) is 7.05 Å². The highest BCUT2D eigenvalue weighted by molar-refractivity contribution is 6.92. The number of nitriles is 1. The Morgan fingerprint density at radius 2 is 1.40 bits per heavy atom. The van der Waals surface area contributed by atoms with Gasteiger partial charge in [0.25, 0.3) is 0 Å². The van der Waals surface area contributed by atoms with E-state index in [1.165, 1.54) is 45.7 Å². The van der Waals surface area contributed by atoms with Gasteiger partial charge in [0.2, 0.25) is 5.69 Å². The molecular formula is C32H45N2Si+. The Balaban J connectivity index is 2.29. The predicted molar refractivity (Wildman–Crippen MR) is 154 cm³/mol. The number of aryl methyl sites for hydroxylation is 2. The van der Waals surface area contributed by atoms with Crippen LogP contribution in [-0.4, -0.2) is 8.07 Å². The van der Waals surface area contributed by atoms with E-state index in [9.17, 15) is 5.26 Å². The standard InChI is InChI=1S/C32H45N2Si/c1-21(2)18-35(19-22(3)4,20-23(5)6)28-11-12-29-27(16-28)13-14-34(10)32(29)30-15-24(7)31(17-33)26(9)25(30)8/h11-16,21-23H,18-20H2,1-10H3/q+1. The normalized spacial score (nSPS) is 12.2. The molecule has 2 nitrogen and oxygen atoms in total. The van der Waals surface area contributed by atoms with Gasteiger partial charge in [-0.3, -0.25) is 0 Å². The van der Waals surface area contributed by atoms with Crippen LogP contribution in [0.5, 0.6) is 0 Å². The van der Waals surface area contributed by atoms with Crippen molar-refractivity contribution in [3.8, 4) is 17.3 Å². The fourth-order valence-electron chi connectivity index (χ4n) is 6.49. The topological polar surface area (TPSA) is 27.7 Å². The Kier molecular flexibility index (Phi) is 8.27. The summed E-state index contributed by atoms with van der Waals surface area (Å²) in [4.78, 5) is 0. The fraction of sp³-hybridized carbons (Fsp3) is 0.500. The van der Waals surface area contributed by atoms with Crippen molar-refractivity contribution < 1.29 is 4.57 Å². The van der Waals surface area contributed by atoms with Gasteiger partial charge in [0, 0.05) is 6.07 Å². The van der Waals surface area contributed by atoms with Crippen LogP contribution < -0.4 is 9.75 Å². The van der Waals surface area contributed by atoms with E-state index in [1.807, 2.05) is 0 Å². The molecular weight excluding hydrogens is 440 g/mol. The third kappa shape index (κ3) is 5.54. The zero-order valence-electron chi connectivity index (χ0n) is 23.7. The van der Waals surface area contributed by atoms with Gasteiger partial charge in [-0.15, -0.1) is 0 Å². The fourth-order valence-corrected chi connectivity index (χ4v) is 13.3. The Bertz CT molecular complexity index is 1230. The van der Waals surface area contributed by atoms with Crippen LogP contribution >= 0.6 is 0 Å². The maximum absolute atomic E-state index is 9.65. The zero-order chi connectivity index (χ0) is 26.1. The summed E-state index contributed by atoms with van der Waals surface area (Å²) >= 11 is 0. The van der Waals surface area contributed by atoms with Gasteiger partial charge in [-0.2, -0.15) is 5.26 Å². The van der Waals surface area contributed by atoms with E-state index in [2.05, 4.69) is 117 Å². The van der Waals surface area contributed by atoms with Crippen LogP contribution in [0.25, 0.3) is 22.0 Å². The van der Waals surface area contributed by atoms with Gasteiger partial charge in [-0.1, -0.05) is 77.0 Å². The minimum atomic E-state index is -1.67. The average molecular weight is 486 g/mol. The van der Waals surface area contributed by atoms with E-state index in [0.717, 1.165) is 16.7 Å². The number of hydrogen-bond donors (Lipinski definition) is 0. The van der Waals surface area contributed by atoms with Crippen LogP contribution in [0, 0.1) is 49.9 Å². The molecule has 1 heterocycles. The Morgan fingerprint density at radius 3 is 1.91 bits per heavy atom. The summed E-state index contributed by atoms with van der Waals surface area (Å²) < 4.78 is 2.25. The Morgan fingerprint density at radius 1 is 0.829 bits per heavy atom. The molecule has 0 atom stereocenters. The Hall–Kier alpha value is -2.44. The van der Waals surface area contributed by atoms with E-state index in [1.54, 1.807) is 5.19 Å². The SMILES string of the molecule is Cc1cc(-c2c3ccc([Si](CC(C)C)(CC(C)C)CC(C)C)cc3cc[n+]2C)c(C)c(C)c1C#N. The molecule has 0 aliphatic heterocycles. The first-order valence-electron chi connectivity index (χ1n) is 13.3. The molecule has 0 aliphatic carbocycles. The number of fused-ring (bicyclic) bond motifs is 1. The van der Waals surface area contributed by atoms with Crippen LogP contribution in [0.1, 0.15) is 63.8 Å². The van der Waals surface area contributed by atoms with Gasteiger partial charge >= 0.3 is 0 Å². The van der Waals surface area contributed by atoms with Crippen LogP contribution in [0.2, 0.25) is 18.1 Å². The lowest BCUT2D eigenvalue weighted by Crippen LogP contribution is -2.50. The van der Waals surface area contributed by atoms with Crippen molar-refractivity contribution in [3.05, 3.63) is 58.8 Å². The maximum atomic E-state index is 9.65. The first kappa shape index (κ1) is 27.1. The highest BCUT2D eigenvalue weighted by Crippen LogP contribution is 2.35. The molecule has 0 N–H and O–H groups in total. The number of aromatic nitrogens is 1. The lowest BCUT2D eigenvalue weighted by Gasteiger charge is -2.37. The molecule has 3 aromatic rings. The van der Waals surface area contributed by atoms with Crippen molar-refractivity contribution in [1.29, 1.82) is 5.26 Å². The number of nitrogens with zero attached hydrogens (tertiary/aromatic N) is 2. The summed E-state index contributed by atoms with van der Waals surface area (Å²) in [6, 6.07) is 18.4. The van der Waals surface area contributed by atoms with E-state index >= 15 is 0 Å². The molecule has 0 bridgehead atoms. The van der Waals surface area contributed by atoms with Gasteiger partial charge in [0.05, 0.1) is 30.7 Å². The molecule has 35 heavy (non-hydrogen) atoms. The third-order valence-corrected chi connectivity index (χ3v) is 13.9. The van der Waals surface area contributed by atoms with Crippen LogP contribution in [0.15, 0.2) is 36.5 Å². The van der Waals surface area contributed by atoms with Crippen molar-refractivity contribution >= 4 is 24.0 Å². The van der Waals surface area contributed by atoms with Crippen LogP contribution in [0.4, 0.5) is 0 Å². The van der Waals surface area contributed by atoms with Gasteiger partial charge in [0.15, 0.2) is 6.20 Å². The van der Waals surface area contributed by atoms with Crippen molar-refractivity contribution in [2.24, 2.45) is 24.8 Å². The lowest BCUT2D eigenvalue weighted by atomic mass is 9.91. The van der Waals surface area contributed by atoms with Gasteiger partial charge in [-0.25, -0.2) is 4.57 Å². The van der Waals surface area contributed by atoms with Gasteiger partial charge in [-0.05, 0) is 72.7 Å². The molecule has 0 aliphatic rings. The van der Waals surface area contributed by atoms with Crippen LogP contribution in [0.3, 0.4) is 0 Å². The van der Waals surface area contributed by atoms with Crippen molar-refractivity contribution in [2.45, 2.75) is 80.4 Å². The molecule has 0 spiro atoms. The summed E-state index contributed by atoms with van der Waals surface area (Å²) in [5.41, 5.74) is 6.62. The quantitative estimate of drug-likeness (QED) is 0.237. The number of hydrogen-bond acceptors (Lipinski definition) is 1. The first-order valence-corrected chi connectivity index (χ1v) is 16.0. The third-order valence-electron chi connectivity index (χ3n) is 7.61. The van der Waals surface area contributed by atoms with E-state index < -0.39 is 8.07 Å². The summed E-state index contributed by atoms with van der Waals surface area (Å²) in [5, 5.41) is 13.9. The second kappa shape index (κ2) is 10.7. The largest absolute Gasteiger partial charge is 0.220 e. The zero-order valence-corrected chi connectivity index (χ0v) is 24.7. The monoisotopic (exact) mass is 485 g/mol. The first-order chi connectivity index (χ1) is 16.4. The summed E-state index contributed by atoms with van der Waals surface area (Å²) in [6.45, 7) is 20.7. The minimum Gasteiger partial charge on any atom is -0.200 e. The highest BCUT2D eigenvalue weighted by Gasteiger charge is 2.37. The molecule has 3 rings (SSSR count). The van der Waals surface area contributed by atoms with Gasteiger partial charge < -0.3 is 0 Å². The predicted octanol–water partition coefficient (Wildman–Crippen LogP) is 7.75. The van der Waals surface area contributed by atoms with Crippen LogP contribution in [-0.2, 0) is 7.05 Å². The van der Waals surface area contributed by atoms with E-state index in [-0.39, 0.29) is 0 Å². The summed E-state index contributed by atoms with van der Waals surface area (Å²) in [6.07, 6.45) is 2.21. The molecule has 2 aromatic carbocycles. The highest BCUT2D eigenvalue weighted by atomic mass is 28.3. The van der Waals surface area contributed by atoms with Crippen molar-refractivity contribution in [3.63, 3.8) is 0 Å². The molecule has 1 aromatic heterocycles. The molecule has 0 saturated heterocycles. The summed E-state index contributed by atoms with van der Waals surface area (Å²) in [5.74, 6) is 2.14. The van der Waals surface area contributed by atoms with E-state index in [0.29, 0.717) is 17.8 Å². The number of rotatable bonds is 8. The second-order valence-electron chi connectivity index (χ2n) is 12.1. The molecule has 186 valence electrons. The Labute approximate surface area is 215 Å². The smallest absolute Gasteiger partial charge is 0.200 e. The van der Waals surface area contributed by atoms with Crippen molar-refractivity contribution in [1.82, 2.24) is 0 Å². The molecule has 0 unspecified atom stereocenters. The molecule has 0 fully saturated rings. The number of benzene rings is 2. The molecule has 3 heteroatoms. The molecule has 0 saturated carbocycles. The number of pyridine rings is 1. The van der Waals surface area contributed by atoms with Crippen molar-refractivity contribution in [2.75, 3.05) is 0 Å². The van der Waals surface area contributed by atoms with E-state index in [4.69, 9.17) is 0 Å². The minimum absolute atomic E-state index is 0.714. The average Bonchev–Trinajstić information content (AvgIpc) is 2.75. The maximum Gasteiger partial charge on any atom is 0.220 e.